The van der Waals surface area contributed by atoms with E-state index in [9.17, 15) is 9.90 Å². The lowest BCUT2D eigenvalue weighted by atomic mass is 9.87. The third-order valence-electron chi connectivity index (χ3n) is 5.06. The van der Waals surface area contributed by atoms with E-state index in [2.05, 4.69) is 29.4 Å². The van der Waals surface area contributed by atoms with Crippen LogP contribution in [-0.4, -0.2) is 40.2 Å². The molecule has 1 aliphatic heterocycles. The fourth-order valence-corrected chi connectivity index (χ4v) is 3.59. The zero-order valence-corrected chi connectivity index (χ0v) is 14.6. The van der Waals surface area contributed by atoms with Crippen LogP contribution in [0.1, 0.15) is 24.0 Å². The Morgan fingerprint density at radius 3 is 2.76 bits per heavy atom. The minimum atomic E-state index is -0.806. The van der Waals surface area contributed by atoms with Crippen molar-refractivity contribution in [3.05, 3.63) is 59.9 Å². The summed E-state index contributed by atoms with van der Waals surface area (Å²) in [7, 11) is 0. The molecule has 1 saturated heterocycles. The van der Waals surface area contributed by atoms with Crippen molar-refractivity contribution in [2.45, 2.75) is 32.2 Å². The number of benzene rings is 1. The van der Waals surface area contributed by atoms with E-state index in [0.29, 0.717) is 12.5 Å². The summed E-state index contributed by atoms with van der Waals surface area (Å²) < 4.78 is 0. The Morgan fingerprint density at radius 1 is 1.28 bits per heavy atom. The van der Waals surface area contributed by atoms with Crippen LogP contribution in [0.2, 0.25) is 0 Å². The topological polar surface area (TPSA) is 65.5 Å². The van der Waals surface area contributed by atoms with Gasteiger partial charge in [0.1, 0.15) is 0 Å². The predicted molar refractivity (Wildman–Crippen MR) is 98.9 cm³/mol. The molecule has 1 aromatic heterocycles. The first-order chi connectivity index (χ1) is 12.1. The molecule has 1 aliphatic rings. The van der Waals surface area contributed by atoms with Gasteiger partial charge in [0.25, 0.3) is 0 Å². The molecule has 1 amide bonds. The molecular formula is C20H25N3O2. The van der Waals surface area contributed by atoms with Gasteiger partial charge in [-0.1, -0.05) is 24.3 Å². The fraction of sp³-hybridized carbons (Fsp3) is 0.400. The first-order valence-electron chi connectivity index (χ1n) is 8.81. The Bertz CT molecular complexity index is 705. The molecule has 1 aromatic carbocycles. The quantitative estimate of drug-likeness (QED) is 0.869. The summed E-state index contributed by atoms with van der Waals surface area (Å²) in [4.78, 5) is 17.3. The fourth-order valence-electron chi connectivity index (χ4n) is 3.59. The van der Waals surface area contributed by atoms with Crippen molar-refractivity contribution < 1.29 is 9.90 Å². The summed E-state index contributed by atoms with van der Waals surface area (Å²) in [6.45, 7) is 3.56. The van der Waals surface area contributed by atoms with Gasteiger partial charge in [-0.15, -0.1) is 0 Å². The molecule has 0 radical (unpaired) electrons. The minimum absolute atomic E-state index is 0.0385. The smallest absolute Gasteiger partial charge is 0.407 e. The standard InChI is InChI=1S/C20H25N3O2/c1-15-4-2-3-5-17(15)13-19-12-16(8-11-23(19)20(24)25)14-22-18-6-9-21-10-7-18/h2-7,9-10,16,19H,8,11-14H2,1H3,(H,21,22)(H,24,25). The van der Waals surface area contributed by atoms with Crippen molar-refractivity contribution in [2.24, 2.45) is 5.92 Å². The first kappa shape index (κ1) is 17.3. The lowest BCUT2D eigenvalue weighted by molar-refractivity contribution is 0.0917. The van der Waals surface area contributed by atoms with E-state index in [0.717, 1.165) is 31.5 Å². The van der Waals surface area contributed by atoms with Crippen LogP contribution in [0.25, 0.3) is 0 Å². The van der Waals surface area contributed by atoms with Crippen molar-refractivity contribution in [3.8, 4) is 0 Å². The van der Waals surface area contributed by atoms with Gasteiger partial charge in [-0.3, -0.25) is 4.98 Å². The second-order valence-corrected chi connectivity index (χ2v) is 6.77. The number of likely N-dealkylation sites (tertiary alicyclic amines) is 1. The molecule has 2 unspecified atom stereocenters. The average molecular weight is 339 g/mol. The molecule has 0 bridgehead atoms. The number of pyridine rings is 1. The lowest BCUT2D eigenvalue weighted by Gasteiger charge is -2.38. The van der Waals surface area contributed by atoms with Gasteiger partial charge in [0.15, 0.2) is 0 Å². The highest BCUT2D eigenvalue weighted by atomic mass is 16.4. The number of nitrogens with one attached hydrogen (secondary N) is 1. The number of nitrogens with zero attached hydrogens (tertiary/aromatic N) is 2. The number of aromatic nitrogens is 1. The maximum atomic E-state index is 11.6. The minimum Gasteiger partial charge on any atom is -0.465 e. The van der Waals surface area contributed by atoms with Crippen LogP contribution in [0.15, 0.2) is 48.8 Å². The van der Waals surface area contributed by atoms with Crippen LogP contribution in [0.4, 0.5) is 10.5 Å². The van der Waals surface area contributed by atoms with E-state index in [1.807, 2.05) is 24.3 Å². The van der Waals surface area contributed by atoms with Crippen LogP contribution in [0.5, 0.6) is 0 Å². The van der Waals surface area contributed by atoms with Crippen molar-refractivity contribution in [2.75, 3.05) is 18.4 Å². The summed E-state index contributed by atoms with van der Waals surface area (Å²) in [6, 6.07) is 12.2. The number of hydrogen-bond acceptors (Lipinski definition) is 3. The molecular weight excluding hydrogens is 314 g/mol. The van der Waals surface area contributed by atoms with E-state index < -0.39 is 6.09 Å². The highest BCUT2D eigenvalue weighted by Gasteiger charge is 2.31. The molecule has 2 aromatic rings. The van der Waals surface area contributed by atoms with Gasteiger partial charge < -0.3 is 15.3 Å². The van der Waals surface area contributed by atoms with Crippen molar-refractivity contribution in [1.82, 2.24) is 9.88 Å². The zero-order valence-electron chi connectivity index (χ0n) is 14.6. The Hall–Kier alpha value is -2.56. The lowest BCUT2D eigenvalue weighted by Crippen LogP contribution is -2.47. The first-order valence-corrected chi connectivity index (χ1v) is 8.81. The van der Waals surface area contributed by atoms with Gasteiger partial charge in [0.2, 0.25) is 0 Å². The monoisotopic (exact) mass is 339 g/mol. The summed E-state index contributed by atoms with van der Waals surface area (Å²) >= 11 is 0. The van der Waals surface area contributed by atoms with Crippen molar-refractivity contribution >= 4 is 11.8 Å². The number of aryl methyl sites for hydroxylation is 1. The van der Waals surface area contributed by atoms with Gasteiger partial charge in [-0.2, -0.15) is 0 Å². The van der Waals surface area contributed by atoms with Crippen molar-refractivity contribution in [1.29, 1.82) is 0 Å². The number of hydrogen-bond donors (Lipinski definition) is 2. The van der Waals surface area contributed by atoms with Crippen LogP contribution in [0, 0.1) is 12.8 Å². The molecule has 2 heterocycles. The zero-order chi connectivity index (χ0) is 17.6. The highest BCUT2D eigenvalue weighted by molar-refractivity contribution is 5.65. The number of amides is 1. The van der Waals surface area contributed by atoms with Crippen LogP contribution in [-0.2, 0) is 6.42 Å². The van der Waals surface area contributed by atoms with Crippen LogP contribution >= 0.6 is 0 Å². The Kier molecular flexibility index (Phi) is 5.53. The molecule has 3 rings (SSSR count). The second kappa shape index (κ2) is 8.01. The third-order valence-corrected chi connectivity index (χ3v) is 5.06. The highest BCUT2D eigenvalue weighted by Crippen LogP contribution is 2.27. The van der Waals surface area contributed by atoms with Gasteiger partial charge in [-0.05, 0) is 55.4 Å². The van der Waals surface area contributed by atoms with Gasteiger partial charge in [-0.25, -0.2) is 4.79 Å². The maximum absolute atomic E-state index is 11.6. The summed E-state index contributed by atoms with van der Waals surface area (Å²) in [6.07, 6.45) is 5.31. The van der Waals surface area contributed by atoms with Crippen molar-refractivity contribution in [3.63, 3.8) is 0 Å². The normalized spacial score (nSPS) is 20.3. The van der Waals surface area contributed by atoms with Crippen LogP contribution in [0.3, 0.4) is 0 Å². The molecule has 0 aliphatic carbocycles. The summed E-state index contributed by atoms with van der Waals surface area (Å²) in [5.74, 6) is 0.470. The van der Waals surface area contributed by atoms with Crippen LogP contribution < -0.4 is 5.32 Å². The van der Waals surface area contributed by atoms with E-state index in [-0.39, 0.29) is 6.04 Å². The molecule has 132 valence electrons. The molecule has 2 N–H and O–H groups in total. The van der Waals surface area contributed by atoms with Gasteiger partial charge in [0, 0.05) is 37.2 Å². The van der Waals surface area contributed by atoms with E-state index in [1.54, 1.807) is 17.3 Å². The molecule has 0 saturated carbocycles. The van der Waals surface area contributed by atoms with E-state index in [4.69, 9.17) is 0 Å². The number of piperidine rings is 1. The molecule has 5 nitrogen and oxygen atoms in total. The molecule has 2 atom stereocenters. The van der Waals surface area contributed by atoms with E-state index in [1.165, 1.54) is 11.1 Å². The third kappa shape index (κ3) is 4.50. The Morgan fingerprint density at radius 2 is 2.04 bits per heavy atom. The molecule has 0 spiro atoms. The summed E-state index contributed by atoms with van der Waals surface area (Å²) in [5, 5.41) is 13.0. The molecule has 1 fully saturated rings. The van der Waals surface area contributed by atoms with E-state index >= 15 is 0 Å². The maximum Gasteiger partial charge on any atom is 0.407 e. The summed E-state index contributed by atoms with van der Waals surface area (Å²) in [5.41, 5.74) is 3.53. The SMILES string of the molecule is Cc1ccccc1CC1CC(CNc2ccncc2)CCN1C(=O)O. The van der Waals surface area contributed by atoms with Gasteiger partial charge >= 0.3 is 6.09 Å². The Balaban J connectivity index is 1.65. The molecule has 5 heteroatoms. The second-order valence-electron chi connectivity index (χ2n) is 6.77. The molecule has 25 heavy (non-hydrogen) atoms. The number of rotatable bonds is 5. The average Bonchev–Trinajstić information content (AvgIpc) is 2.63. The largest absolute Gasteiger partial charge is 0.465 e. The predicted octanol–water partition coefficient (Wildman–Crippen LogP) is 3.80. The number of anilines is 1. The number of carboxylic acid groups (broad SMARTS) is 1. The van der Waals surface area contributed by atoms with Gasteiger partial charge in [0.05, 0.1) is 0 Å². The Labute approximate surface area is 148 Å². The number of carbonyl (C=O) groups is 1.